The summed E-state index contributed by atoms with van der Waals surface area (Å²) in [6, 6.07) is 1.93. The molecule has 0 fully saturated rings. The molecular weight excluding hydrogens is 174 g/mol. The van der Waals surface area contributed by atoms with Gasteiger partial charge >= 0.3 is 0 Å². The number of nitrogens with two attached hydrogens (primary N) is 1. The fourth-order valence-electron chi connectivity index (χ4n) is 1.45. The standard InChI is InChI=1S/C8H10ClN3/c9-6-1-7-5(2-10)3-11-8(7)12-4-6/h1,4-5H,2-3,10H2,(H,11,12). The normalized spacial score (nSPS) is 20.3. The molecule has 0 bridgehead atoms. The number of hydrogen-bond donors (Lipinski definition) is 2. The molecule has 64 valence electrons. The van der Waals surface area contributed by atoms with Crippen molar-refractivity contribution in [2.45, 2.75) is 5.92 Å². The van der Waals surface area contributed by atoms with E-state index in [4.69, 9.17) is 17.3 Å². The van der Waals surface area contributed by atoms with Crippen molar-refractivity contribution in [1.29, 1.82) is 0 Å². The third kappa shape index (κ3) is 1.15. The first kappa shape index (κ1) is 7.83. The minimum absolute atomic E-state index is 0.367. The number of aromatic nitrogens is 1. The Morgan fingerprint density at radius 1 is 1.75 bits per heavy atom. The van der Waals surface area contributed by atoms with Gasteiger partial charge in [-0.3, -0.25) is 0 Å². The topological polar surface area (TPSA) is 50.9 Å². The lowest BCUT2D eigenvalue weighted by Crippen LogP contribution is -2.13. The van der Waals surface area contributed by atoms with Gasteiger partial charge in [0, 0.05) is 30.8 Å². The summed E-state index contributed by atoms with van der Waals surface area (Å²) in [5.74, 6) is 1.29. The highest BCUT2D eigenvalue weighted by Crippen LogP contribution is 2.30. The minimum atomic E-state index is 0.367. The molecule has 1 aromatic rings. The molecule has 1 atom stereocenters. The van der Waals surface area contributed by atoms with Gasteiger partial charge in [0.05, 0.1) is 5.02 Å². The summed E-state index contributed by atoms with van der Waals surface area (Å²) in [6.07, 6.45) is 1.65. The number of halogens is 1. The van der Waals surface area contributed by atoms with Crippen LogP contribution in [0.2, 0.25) is 5.02 Å². The first-order valence-corrected chi connectivity index (χ1v) is 4.28. The van der Waals surface area contributed by atoms with E-state index in [2.05, 4.69) is 10.3 Å². The van der Waals surface area contributed by atoms with Crippen LogP contribution >= 0.6 is 11.6 Å². The number of anilines is 1. The van der Waals surface area contributed by atoms with Crippen molar-refractivity contribution in [2.24, 2.45) is 5.73 Å². The number of hydrogen-bond acceptors (Lipinski definition) is 3. The highest BCUT2D eigenvalue weighted by molar-refractivity contribution is 6.30. The number of rotatable bonds is 1. The molecule has 2 heterocycles. The van der Waals surface area contributed by atoms with Crippen LogP contribution in [0.15, 0.2) is 12.3 Å². The van der Waals surface area contributed by atoms with Crippen LogP contribution in [-0.2, 0) is 0 Å². The molecule has 3 N–H and O–H groups in total. The molecule has 3 nitrogen and oxygen atoms in total. The molecule has 1 aliphatic rings. The summed E-state index contributed by atoms with van der Waals surface area (Å²) in [5, 5.41) is 3.86. The fourth-order valence-corrected chi connectivity index (χ4v) is 1.62. The van der Waals surface area contributed by atoms with Gasteiger partial charge in [0.25, 0.3) is 0 Å². The van der Waals surface area contributed by atoms with Crippen LogP contribution in [-0.4, -0.2) is 18.1 Å². The molecule has 0 saturated carbocycles. The third-order valence-electron chi connectivity index (χ3n) is 2.12. The Morgan fingerprint density at radius 2 is 2.58 bits per heavy atom. The third-order valence-corrected chi connectivity index (χ3v) is 2.33. The van der Waals surface area contributed by atoms with Crippen molar-refractivity contribution in [3.63, 3.8) is 0 Å². The Labute approximate surface area is 75.9 Å². The molecule has 4 heteroatoms. The maximum Gasteiger partial charge on any atom is 0.129 e. The van der Waals surface area contributed by atoms with Crippen LogP contribution in [0.25, 0.3) is 0 Å². The van der Waals surface area contributed by atoms with Gasteiger partial charge in [0.15, 0.2) is 0 Å². The Balaban J connectivity index is 2.42. The van der Waals surface area contributed by atoms with Gasteiger partial charge in [-0.1, -0.05) is 11.6 Å². The number of fused-ring (bicyclic) bond motifs is 1. The quantitative estimate of drug-likeness (QED) is 0.688. The zero-order valence-electron chi connectivity index (χ0n) is 6.55. The van der Waals surface area contributed by atoms with Gasteiger partial charge in [-0.05, 0) is 6.07 Å². The minimum Gasteiger partial charge on any atom is -0.369 e. The molecule has 0 spiro atoms. The summed E-state index contributed by atoms with van der Waals surface area (Å²) in [4.78, 5) is 4.16. The molecule has 0 amide bonds. The molecule has 0 saturated heterocycles. The van der Waals surface area contributed by atoms with Crippen LogP contribution in [0.3, 0.4) is 0 Å². The van der Waals surface area contributed by atoms with E-state index in [0.29, 0.717) is 17.5 Å². The molecular formula is C8H10ClN3. The second kappa shape index (κ2) is 2.92. The second-order valence-corrected chi connectivity index (χ2v) is 3.34. The zero-order chi connectivity index (χ0) is 8.55. The van der Waals surface area contributed by atoms with Gasteiger partial charge in [0.2, 0.25) is 0 Å². The van der Waals surface area contributed by atoms with Crippen LogP contribution in [0, 0.1) is 0 Å². The Kier molecular flexibility index (Phi) is 1.90. The Morgan fingerprint density at radius 3 is 3.33 bits per heavy atom. The Hall–Kier alpha value is -0.800. The molecule has 2 rings (SSSR count). The van der Waals surface area contributed by atoms with Gasteiger partial charge in [-0.2, -0.15) is 0 Å². The van der Waals surface area contributed by atoms with Crippen LogP contribution in [0.1, 0.15) is 11.5 Å². The van der Waals surface area contributed by atoms with E-state index < -0.39 is 0 Å². The van der Waals surface area contributed by atoms with Crippen molar-refractivity contribution in [3.8, 4) is 0 Å². The van der Waals surface area contributed by atoms with E-state index >= 15 is 0 Å². The van der Waals surface area contributed by atoms with E-state index in [-0.39, 0.29) is 0 Å². The van der Waals surface area contributed by atoms with Gasteiger partial charge in [0.1, 0.15) is 5.82 Å². The van der Waals surface area contributed by atoms with Gasteiger partial charge in [-0.25, -0.2) is 4.98 Å². The lowest BCUT2D eigenvalue weighted by Gasteiger charge is -2.04. The summed E-state index contributed by atoms with van der Waals surface area (Å²) < 4.78 is 0. The van der Waals surface area contributed by atoms with Gasteiger partial charge in [-0.15, -0.1) is 0 Å². The van der Waals surface area contributed by atoms with Crippen LogP contribution < -0.4 is 11.1 Å². The summed E-state index contributed by atoms with van der Waals surface area (Å²) >= 11 is 5.81. The molecule has 0 aliphatic carbocycles. The van der Waals surface area contributed by atoms with Crippen molar-refractivity contribution in [2.75, 3.05) is 18.4 Å². The SMILES string of the molecule is NCC1CNc2ncc(Cl)cc21. The van der Waals surface area contributed by atoms with Crippen LogP contribution in [0.4, 0.5) is 5.82 Å². The molecule has 1 aromatic heterocycles. The van der Waals surface area contributed by atoms with Gasteiger partial charge < -0.3 is 11.1 Å². The maximum atomic E-state index is 5.81. The molecule has 12 heavy (non-hydrogen) atoms. The van der Waals surface area contributed by atoms with Crippen molar-refractivity contribution in [1.82, 2.24) is 4.98 Å². The van der Waals surface area contributed by atoms with E-state index in [1.54, 1.807) is 6.20 Å². The number of nitrogens with zero attached hydrogens (tertiary/aromatic N) is 1. The molecule has 0 radical (unpaired) electrons. The van der Waals surface area contributed by atoms with E-state index in [0.717, 1.165) is 17.9 Å². The number of nitrogens with one attached hydrogen (secondary N) is 1. The van der Waals surface area contributed by atoms with E-state index in [1.165, 1.54) is 0 Å². The molecule has 1 unspecified atom stereocenters. The highest BCUT2D eigenvalue weighted by atomic mass is 35.5. The van der Waals surface area contributed by atoms with Crippen LogP contribution in [0.5, 0.6) is 0 Å². The first-order valence-electron chi connectivity index (χ1n) is 3.90. The molecule has 1 aliphatic heterocycles. The van der Waals surface area contributed by atoms with E-state index in [9.17, 15) is 0 Å². The van der Waals surface area contributed by atoms with Crippen molar-refractivity contribution in [3.05, 3.63) is 22.8 Å². The zero-order valence-corrected chi connectivity index (χ0v) is 7.30. The highest BCUT2D eigenvalue weighted by Gasteiger charge is 2.21. The second-order valence-electron chi connectivity index (χ2n) is 2.90. The average Bonchev–Trinajstić information content (AvgIpc) is 2.46. The largest absolute Gasteiger partial charge is 0.369 e. The van der Waals surface area contributed by atoms with E-state index in [1.807, 2.05) is 6.07 Å². The molecule has 0 aromatic carbocycles. The smallest absolute Gasteiger partial charge is 0.129 e. The predicted molar refractivity (Wildman–Crippen MR) is 49.5 cm³/mol. The lowest BCUT2D eigenvalue weighted by molar-refractivity contribution is 0.766. The van der Waals surface area contributed by atoms with Crippen molar-refractivity contribution >= 4 is 17.4 Å². The lowest BCUT2D eigenvalue weighted by atomic mass is 10.0. The van der Waals surface area contributed by atoms with Crippen molar-refractivity contribution < 1.29 is 0 Å². The first-order chi connectivity index (χ1) is 5.81. The summed E-state index contributed by atoms with van der Waals surface area (Å²) in [7, 11) is 0. The predicted octanol–water partition coefficient (Wildman–Crippen LogP) is 1.20. The Bertz CT molecular complexity index is 300. The monoisotopic (exact) mass is 183 g/mol. The number of pyridine rings is 1. The summed E-state index contributed by atoms with van der Waals surface area (Å²) in [5.41, 5.74) is 6.73. The fraction of sp³-hybridized carbons (Fsp3) is 0.375. The summed E-state index contributed by atoms with van der Waals surface area (Å²) in [6.45, 7) is 1.52. The maximum absolute atomic E-state index is 5.81. The average molecular weight is 184 g/mol.